The lowest BCUT2D eigenvalue weighted by atomic mass is 10.0. The molecule has 2 aromatic carbocycles. The van der Waals surface area contributed by atoms with E-state index in [4.69, 9.17) is 16.0 Å². The van der Waals surface area contributed by atoms with E-state index in [9.17, 15) is 19.7 Å². The largest absolute Gasteiger partial charge is 0.455 e. The highest BCUT2D eigenvalue weighted by molar-refractivity contribution is 6.31. The van der Waals surface area contributed by atoms with Crippen molar-refractivity contribution >= 4 is 35.3 Å². The smallest absolute Gasteiger partial charge is 0.280 e. The number of nitro groups is 1. The Morgan fingerprint density at radius 2 is 1.91 bits per heavy atom. The fraction of sp³-hybridized carbons (Fsp3) is 0.208. The summed E-state index contributed by atoms with van der Waals surface area (Å²) >= 11 is 5.93. The van der Waals surface area contributed by atoms with E-state index >= 15 is 0 Å². The van der Waals surface area contributed by atoms with Crippen LogP contribution >= 0.6 is 11.6 Å². The second kappa shape index (κ2) is 10.8. The summed E-state index contributed by atoms with van der Waals surface area (Å²) in [6.45, 7) is 5.35. The highest BCUT2D eigenvalue weighted by Crippen LogP contribution is 2.31. The zero-order valence-corrected chi connectivity index (χ0v) is 19.5. The van der Waals surface area contributed by atoms with Crippen LogP contribution in [0, 0.1) is 23.0 Å². The summed E-state index contributed by atoms with van der Waals surface area (Å²) in [6, 6.07) is 13.6. The van der Waals surface area contributed by atoms with Crippen LogP contribution in [0.25, 0.3) is 11.3 Å². The predicted molar refractivity (Wildman–Crippen MR) is 129 cm³/mol. The Labute approximate surface area is 201 Å². The summed E-state index contributed by atoms with van der Waals surface area (Å²) in [5, 5.41) is 18.3. The normalized spacial score (nSPS) is 12.0. The Hall–Kier alpha value is -3.98. The minimum atomic E-state index is -0.842. The molecule has 0 aliphatic heterocycles. The number of hydrogen-bond donors (Lipinski definition) is 2. The average molecular weight is 483 g/mol. The molecule has 9 nitrogen and oxygen atoms in total. The summed E-state index contributed by atoms with van der Waals surface area (Å²) in [5.41, 5.74) is 3.75. The first kappa shape index (κ1) is 24.7. The molecule has 0 saturated carbocycles. The van der Waals surface area contributed by atoms with Crippen molar-refractivity contribution in [1.82, 2.24) is 10.7 Å². The molecule has 176 valence electrons. The van der Waals surface area contributed by atoms with Gasteiger partial charge >= 0.3 is 0 Å². The molecule has 2 amide bonds. The summed E-state index contributed by atoms with van der Waals surface area (Å²) in [5.74, 6) is -0.573. The predicted octanol–water partition coefficient (Wildman–Crippen LogP) is 4.72. The summed E-state index contributed by atoms with van der Waals surface area (Å²) in [6.07, 6.45) is 1.28. The fourth-order valence-electron chi connectivity index (χ4n) is 3.19. The lowest BCUT2D eigenvalue weighted by Gasteiger charge is -2.20. The molecule has 2 N–H and O–H groups in total. The average Bonchev–Trinajstić information content (AvgIpc) is 3.25. The van der Waals surface area contributed by atoms with E-state index in [1.807, 2.05) is 0 Å². The number of nitro benzene ring substituents is 1. The third-order valence-corrected chi connectivity index (χ3v) is 5.17. The van der Waals surface area contributed by atoms with Gasteiger partial charge in [-0.1, -0.05) is 37.6 Å². The fourth-order valence-corrected chi connectivity index (χ4v) is 3.38. The standard InChI is InChI=1S/C24H23ClN4O5/c1-14(2)22(27-23(30)16-5-4-6-17(25)12-16)24(31)28-26-13-18-8-10-21(34-18)19-9-7-15(3)11-20(19)29(32)33/h4-14,22H,1-3H3,(H,27,30)(H,28,31). The van der Waals surface area contributed by atoms with E-state index in [1.165, 1.54) is 18.3 Å². The van der Waals surface area contributed by atoms with Crippen LogP contribution < -0.4 is 10.7 Å². The molecule has 0 spiro atoms. The van der Waals surface area contributed by atoms with Crippen molar-refractivity contribution < 1.29 is 18.9 Å². The SMILES string of the molecule is Cc1ccc(-c2ccc(C=NNC(=O)C(NC(=O)c3cccc(Cl)c3)C(C)C)o2)c([N+](=O)[O-])c1. The highest BCUT2D eigenvalue weighted by Gasteiger charge is 2.24. The van der Waals surface area contributed by atoms with Crippen molar-refractivity contribution in [3.63, 3.8) is 0 Å². The van der Waals surface area contributed by atoms with Crippen molar-refractivity contribution in [3.05, 3.63) is 86.6 Å². The Bertz CT molecular complexity index is 1250. The third kappa shape index (κ3) is 6.08. The van der Waals surface area contributed by atoms with E-state index in [0.29, 0.717) is 21.9 Å². The van der Waals surface area contributed by atoms with Gasteiger partial charge in [0.05, 0.1) is 16.7 Å². The Morgan fingerprint density at radius 3 is 2.59 bits per heavy atom. The molecule has 0 bridgehead atoms. The molecule has 1 unspecified atom stereocenters. The van der Waals surface area contributed by atoms with E-state index in [-0.39, 0.29) is 17.4 Å². The van der Waals surface area contributed by atoms with Crippen LogP contribution in [0.2, 0.25) is 5.02 Å². The molecule has 0 saturated heterocycles. The molecule has 3 rings (SSSR count). The maximum absolute atomic E-state index is 12.6. The van der Waals surface area contributed by atoms with Crippen molar-refractivity contribution in [2.24, 2.45) is 11.0 Å². The minimum absolute atomic E-state index is 0.0682. The molecular weight excluding hydrogens is 460 g/mol. The molecule has 1 atom stereocenters. The molecular formula is C24H23ClN4O5. The number of carbonyl (C=O) groups excluding carboxylic acids is 2. The monoisotopic (exact) mass is 482 g/mol. The number of hydrazone groups is 1. The van der Waals surface area contributed by atoms with Crippen LogP contribution in [0.15, 0.2) is 64.1 Å². The Morgan fingerprint density at radius 1 is 1.15 bits per heavy atom. The van der Waals surface area contributed by atoms with Gasteiger partial charge in [0.15, 0.2) is 0 Å². The zero-order chi connectivity index (χ0) is 24.8. The lowest BCUT2D eigenvalue weighted by molar-refractivity contribution is -0.384. The Balaban J connectivity index is 1.67. The number of halogens is 1. The maximum atomic E-state index is 12.6. The lowest BCUT2D eigenvalue weighted by Crippen LogP contribution is -2.48. The second-order valence-corrected chi connectivity index (χ2v) is 8.36. The molecule has 0 aliphatic rings. The summed E-state index contributed by atoms with van der Waals surface area (Å²) in [7, 11) is 0. The van der Waals surface area contributed by atoms with E-state index < -0.39 is 22.8 Å². The molecule has 0 radical (unpaired) electrons. The molecule has 0 fully saturated rings. The summed E-state index contributed by atoms with van der Waals surface area (Å²) in [4.78, 5) is 36.0. The van der Waals surface area contributed by atoms with Crippen LogP contribution in [-0.2, 0) is 4.79 Å². The van der Waals surface area contributed by atoms with Crippen LogP contribution in [0.3, 0.4) is 0 Å². The summed E-state index contributed by atoms with van der Waals surface area (Å²) < 4.78 is 5.64. The van der Waals surface area contributed by atoms with Gasteiger partial charge in [-0.25, -0.2) is 5.43 Å². The van der Waals surface area contributed by atoms with Crippen molar-refractivity contribution in [3.8, 4) is 11.3 Å². The zero-order valence-electron chi connectivity index (χ0n) is 18.7. The first-order chi connectivity index (χ1) is 16.2. The van der Waals surface area contributed by atoms with E-state index in [1.54, 1.807) is 63.2 Å². The highest BCUT2D eigenvalue weighted by atomic mass is 35.5. The molecule has 34 heavy (non-hydrogen) atoms. The van der Waals surface area contributed by atoms with Gasteiger partial charge in [-0.2, -0.15) is 5.10 Å². The van der Waals surface area contributed by atoms with E-state index in [2.05, 4.69) is 15.8 Å². The van der Waals surface area contributed by atoms with Crippen LogP contribution in [0.5, 0.6) is 0 Å². The van der Waals surface area contributed by atoms with Crippen molar-refractivity contribution in [1.29, 1.82) is 0 Å². The number of hydrogen-bond acceptors (Lipinski definition) is 6. The quantitative estimate of drug-likeness (QED) is 0.273. The molecule has 3 aromatic rings. The molecule has 1 aromatic heterocycles. The van der Waals surface area contributed by atoms with Crippen molar-refractivity contribution in [2.45, 2.75) is 26.8 Å². The number of benzene rings is 2. The minimum Gasteiger partial charge on any atom is -0.455 e. The number of nitrogens with zero attached hydrogens (tertiary/aromatic N) is 2. The van der Waals surface area contributed by atoms with Gasteiger partial charge in [-0.05, 0) is 54.8 Å². The van der Waals surface area contributed by atoms with Crippen LogP contribution in [0.1, 0.15) is 35.5 Å². The van der Waals surface area contributed by atoms with Gasteiger partial charge in [-0.15, -0.1) is 0 Å². The van der Waals surface area contributed by atoms with E-state index in [0.717, 1.165) is 5.56 Å². The maximum Gasteiger partial charge on any atom is 0.280 e. The number of amides is 2. The van der Waals surface area contributed by atoms with Gasteiger partial charge in [0, 0.05) is 16.7 Å². The second-order valence-electron chi connectivity index (χ2n) is 7.92. The number of nitrogens with one attached hydrogen (secondary N) is 2. The number of furan rings is 1. The Kier molecular flexibility index (Phi) is 7.80. The topological polar surface area (TPSA) is 127 Å². The first-order valence-electron chi connectivity index (χ1n) is 10.4. The molecule has 1 heterocycles. The third-order valence-electron chi connectivity index (χ3n) is 4.93. The van der Waals surface area contributed by atoms with Gasteiger partial charge in [0.2, 0.25) is 0 Å². The number of carbonyl (C=O) groups is 2. The van der Waals surface area contributed by atoms with Gasteiger partial charge in [-0.3, -0.25) is 19.7 Å². The molecule has 0 aliphatic carbocycles. The number of rotatable bonds is 8. The van der Waals surface area contributed by atoms with Gasteiger partial charge < -0.3 is 9.73 Å². The molecule has 10 heteroatoms. The first-order valence-corrected chi connectivity index (χ1v) is 10.8. The van der Waals surface area contributed by atoms with Crippen molar-refractivity contribution in [2.75, 3.05) is 0 Å². The number of aryl methyl sites for hydroxylation is 1. The van der Waals surface area contributed by atoms with Crippen LogP contribution in [-0.4, -0.2) is 29.0 Å². The van der Waals surface area contributed by atoms with Crippen LogP contribution in [0.4, 0.5) is 5.69 Å². The van der Waals surface area contributed by atoms with Gasteiger partial charge in [0.1, 0.15) is 17.6 Å². The van der Waals surface area contributed by atoms with Gasteiger partial charge in [0.25, 0.3) is 17.5 Å².